The first kappa shape index (κ1) is 10.3. The predicted molar refractivity (Wildman–Crippen MR) is 63.5 cm³/mol. The number of carbonyl (C=O) groups is 1. The van der Waals surface area contributed by atoms with Crippen molar-refractivity contribution in [3.63, 3.8) is 0 Å². The van der Waals surface area contributed by atoms with Gasteiger partial charge in [0.15, 0.2) is 0 Å². The van der Waals surface area contributed by atoms with E-state index >= 15 is 0 Å². The third kappa shape index (κ3) is 1.69. The summed E-state index contributed by atoms with van der Waals surface area (Å²) < 4.78 is 0. The van der Waals surface area contributed by atoms with Gasteiger partial charge in [0.05, 0.1) is 6.04 Å². The molecule has 1 aromatic heterocycles. The molecular weight excluding hydrogens is 216 g/mol. The molecule has 2 unspecified atom stereocenters. The summed E-state index contributed by atoms with van der Waals surface area (Å²) in [6.07, 6.45) is 7.62. The van der Waals surface area contributed by atoms with E-state index in [-0.39, 0.29) is 12.1 Å². The molecule has 3 heterocycles. The highest BCUT2D eigenvalue weighted by Crippen LogP contribution is 2.38. The molecule has 4 heteroatoms. The lowest BCUT2D eigenvalue weighted by Gasteiger charge is -2.31. The molecular formula is C13H14N2O2. The molecule has 2 aliphatic heterocycles. The minimum atomic E-state index is -0.789. The van der Waals surface area contributed by atoms with Gasteiger partial charge in [0.2, 0.25) is 0 Å². The van der Waals surface area contributed by atoms with Gasteiger partial charge in [0.25, 0.3) is 0 Å². The maximum atomic E-state index is 11.1. The summed E-state index contributed by atoms with van der Waals surface area (Å²) >= 11 is 0. The van der Waals surface area contributed by atoms with E-state index in [1.54, 1.807) is 17.3 Å². The molecule has 88 valence electrons. The lowest BCUT2D eigenvalue weighted by Crippen LogP contribution is -2.41. The largest absolute Gasteiger partial charge is 0.465 e. The van der Waals surface area contributed by atoms with E-state index in [1.807, 2.05) is 12.1 Å². The molecule has 3 rings (SSSR count). The number of nitrogens with zero attached hydrogens (tertiary/aromatic N) is 2. The molecule has 0 radical (unpaired) electrons. The molecule has 1 N–H and O–H groups in total. The Kier molecular flexibility index (Phi) is 2.35. The van der Waals surface area contributed by atoms with E-state index in [9.17, 15) is 4.79 Å². The summed E-state index contributed by atoms with van der Waals surface area (Å²) in [4.78, 5) is 16.8. The number of rotatable bonds is 1. The average Bonchev–Trinajstić information content (AvgIpc) is 2.62. The van der Waals surface area contributed by atoms with Crippen LogP contribution in [-0.4, -0.2) is 33.2 Å². The second kappa shape index (κ2) is 3.87. The Hall–Kier alpha value is -1.84. The minimum absolute atomic E-state index is 0.0643. The van der Waals surface area contributed by atoms with Crippen molar-refractivity contribution in [3.05, 3.63) is 36.2 Å². The zero-order chi connectivity index (χ0) is 11.8. The summed E-state index contributed by atoms with van der Waals surface area (Å²) in [7, 11) is 0. The quantitative estimate of drug-likeness (QED) is 0.805. The fraction of sp³-hybridized carbons (Fsp3) is 0.385. The van der Waals surface area contributed by atoms with Gasteiger partial charge < -0.3 is 5.11 Å². The number of carboxylic acid groups (broad SMARTS) is 1. The molecule has 1 saturated heterocycles. The summed E-state index contributed by atoms with van der Waals surface area (Å²) in [5.74, 6) is 0. The molecule has 0 aliphatic carbocycles. The maximum absolute atomic E-state index is 11.1. The Bertz CT molecular complexity index is 470. The molecule has 0 aromatic carbocycles. The van der Waals surface area contributed by atoms with Crippen molar-refractivity contribution in [2.45, 2.75) is 31.3 Å². The fourth-order valence-electron chi connectivity index (χ4n) is 2.91. The van der Waals surface area contributed by atoms with Crippen molar-refractivity contribution in [2.24, 2.45) is 0 Å². The molecule has 1 fully saturated rings. The van der Waals surface area contributed by atoms with E-state index in [2.05, 4.69) is 11.1 Å². The smallest absolute Gasteiger partial charge is 0.408 e. The SMILES string of the molecule is O=C(O)N1C2C=C(c3ccncc3)CC1CC2. The van der Waals surface area contributed by atoms with Gasteiger partial charge in [-0.3, -0.25) is 9.88 Å². The third-order valence-electron chi connectivity index (χ3n) is 3.67. The molecule has 2 bridgehead atoms. The number of amides is 1. The Balaban J connectivity index is 1.92. The van der Waals surface area contributed by atoms with Crippen LogP contribution < -0.4 is 0 Å². The molecule has 1 aromatic rings. The van der Waals surface area contributed by atoms with E-state index < -0.39 is 6.09 Å². The number of hydrogen-bond donors (Lipinski definition) is 1. The summed E-state index contributed by atoms with van der Waals surface area (Å²) in [5.41, 5.74) is 2.43. The second-order valence-electron chi connectivity index (χ2n) is 4.62. The first-order chi connectivity index (χ1) is 8.25. The van der Waals surface area contributed by atoms with Crippen molar-refractivity contribution < 1.29 is 9.90 Å². The normalized spacial score (nSPS) is 26.8. The van der Waals surface area contributed by atoms with E-state index in [1.165, 1.54) is 11.1 Å². The van der Waals surface area contributed by atoms with Crippen LogP contribution in [0.3, 0.4) is 0 Å². The maximum Gasteiger partial charge on any atom is 0.408 e. The third-order valence-corrected chi connectivity index (χ3v) is 3.67. The lowest BCUT2D eigenvalue weighted by atomic mass is 9.96. The highest BCUT2D eigenvalue weighted by Gasteiger charge is 2.39. The Labute approximate surface area is 99.6 Å². The van der Waals surface area contributed by atoms with Crippen LogP contribution in [0.2, 0.25) is 0 Å². The van der Waals surface area contributed by atoms with Crippen LogP contribution in [0.1, 0.15) is 24.8 Å². The number of hydrogen-bond acceptors (Lipinski definition) is 2. The van der Waals surface area contributed by atoms with Crippen LogP contribution in [0.5, 0.6) is 0 Å². The molecule has 4 nitrogen and oxygen atoms in total. The van der Waals surface area contributed by atoms with Gasteiger partial charge in [-0.1, -0.05) is 6.08 Å². The Morgan fingerprint density at radius 3 is 2.76 bits per heavy atom. The van der Waals surface area contributed by atoms with Gasteiger partial charge in [-0.15, -0.1) is 0 Å². The summed E-state index contributed by atoms with van der Waals surface area (Å²) in [5, 5.41) is 9.16. The number of aromatic nitrogens is 1. The number of fused-ring (bicyclic) bond motifs is 2. The van der Waals surface area contributed by atoms with Crippen LogP contribution >= 0.6 is 0 Å². The zero-order valence-corrected chi connectivity index (χ0v) is 9.41. The molecule has 17 heavy (non-hydrogen) atoms. The van der Waals surface area contributed by atoms with Gasteiger partial charge in [-0.05, 0) is 42.5 Å². The number of pyridine rings is 1. The van der Waals surface area contributed by atoms with Gasteiger partial charge >= 0.3 is 6.09 Å². The Morgan fingerprint density at radius 2 is 2.12 bits per heavy atom. The van der Waals surface area contributed by atoms with Crippen LogP contribution in [0.4, 0.5) is 4.79 Å². The summed E-state index contributed by atoms with van der Waals surface area (Å²) in [6, 6.07) is 4.20. The van der Waals surface area contributed by atoms with Crippen LogP contribution in [0.25, 0.3) is 5.57 Å². The van der Waals surface area contributed by atoms with Crippen LogP contribution in [0.15, 0.2) is 30.6 Å². The lowest BCUT2D eigenvalue weighted by molar-refractivity contribution is 0.128. The van der Waals surface area contributed by atoms with Crippen molar-refractivity contribution in [2.75, 3.05) is 0 Å². The highest BCUT2D eigenvalue weighted by molar-refractivity contribution is 5.73. The van der Waals surface area contributed by atoms with Crippen LogP contribution in [-0.2, 0) is 0 Å². The first-order valence-corrected chi connectivity index (χ1v) is 5.88. The second-order valence-corrected chi connectivity index (χ2v) is 4.62. The van der Waals surface area contributed by atoms with Crippen molar-refractivity contribution in [1.82, 2.24) is 9.88 Å². The molecule has 1 amide bonds. The molecule has 2 aliphatic rings. The summed E-state index contributed by atoms with van der Waals surface area (Å²) in [6.45, 7) is 0. The minimum Gasteiger partial charge on any atom is -0.465 e. The van der Waals surface area contributed by atoms with E-state index in [0.717, 1.165) is 19.3 Å². The van der Waals surface area contributed by atoms with E-state index in [0.29, 0.717) is 0 Å². The average molecular weight is 230 g/mol. The van der Waals surface area contributed by atoms with Crippen LogP contribution in [0, 0.1) is 0 Å². The Morgan fingerprint density at radius 1 is 1.35 bits per heavy atom. The monoisotopic (exact) mass is 230 g/mol. The standard InChI is InChI=1S/C13H14N2O2/c16-13(17)15-11-1-2-12(15)8-10(7-11)9-3-5-14-6-4-9/h3-7,11-12H,1-2,8H2,(H,16,17). The zero-order valence-electron chi connectivity index (χ0n) is 9.41. The fourth-order valence-corrected chi connectivity index (χ4v) is 2.91. The molecule has 0 saturated carbocycles. The van der Waals surface area contributed by atoms with Gasteiger partial charge in [0, 0.05) is 18.4 Å². The van der Waals surface area contributed by atoms with E-state index in [4.69, 9.17) is 5.11 Å². The van der Waals surface area contributed by atoms with Crippen molar-refractivity contribution in [1.29, 1.82) is 0 Å². The molecule has 2 atom stereocenters. The molecule has 0 spiro atoms. The van der Waals surface area contributed by atoms with Crippen molar-refractivity contribution in [3.8, 4) is 0 Å². The topological polar surface area (TPSA) is 53.4 Å². The first-order valence-electron chi connectivity index (χ1n) is 5.88. The predicted octanol–water partition coefficient (Wildman–Crippen LogP) is 2.38. The van der Waals surface area contributed by atoms with Gasteiger partial charge in [-0.25, -0.2) is 4.79 Å². The highest BCUT2D eigenvalue weighted by atomic mass is 16.4. The van der Waals surface area contributed by atoms with Crippen molar-refractivity contribution >= 4 is 11.7 Å². The van der Waals surface area contributed by atoms with Gasteiger partial charge in [-0.2, -0.15) is 0 Å². The van der Waals surface area contributed by atoms with Gasteiger partial charge in [0.1, 0.15) is 0 Å².